The van der Waals surface area contributed by atoms with Crippen LogP contribution in [-0.2, 0) is 0 Å². The lowest BCUT2D eigenvalue weighted by Crippen LogP contribution is -1.74. The van der Waals surface area contributed by atoms with Gasteiger partial charge >= 0.3 is 0 Å². The second-order valence-corrected chi connectivity index (χ2v) is 2.60. The van der Waals surface area contributed by atoms with Crippen molar-refractivity contribution in [3.05, 3.63) is 11.1 Å². The molecule has 7 heavy (non-hydrogen) atoms. The maximum atomic E-state index is 3.82. The van der Waals surface area contributed by atoms with E-state index in [2.05, 4.69) is 26.0 Å². The molecule has 1 heterocycles. The normalized spacial score (nSPS) is 9.43. The summed E-state index contributed by atoms with van der Waals surface area (Å²) in [6.45, 7) is 0. The van der Waals surface area contributed by atoms with Crippen LogP contribution in [0, 0.1) is 0 Å². The molecule has 0 spiro atoms. The van der Waals surface area contributed by atoms with Crippen LogP contribution in [0.2, 0.25) is 0 Å². The van der Waals surface area contributed by atoms with Gasteiger partial charge in [-0.25, -0.2) is 4.98 Å². The molecule has 0 amide bonds. The van der Waals surface area contributed by atoms with Crippen molar-refractivity contribution in [3.8, 4) is 0 Å². The first kappa shape index (κ1) is 5.49. The van der Waals surface area contributed by atoms with Crippen LogP contribution < -0.4 is 0 Å². The molecular weight excluding hydrogens is 273 g/mol. The Bertz CT molecular complexity index is 145. The fourth-order valence-corrected chi connectivity index (χ4v) is 1.11. The highest BCUT2D eigenvalue weighted by molar-refractivity contribution is 14.1. The van der Waals surface area contributed by atoms with Crippen molar-refractivity contribution < 1.29 is 0 Å². The predicted molar refractivity (Wildman–Crippen MR) is 37.1 cm³/mol. The van der Waals surface area contributed by atoms with Crippen LogP contribution >= 0.6 is 38.8 Å². The standard InChI is InChI=1S/C2HBrIN3/c3-2-5-1-7(4)6-2/h1H. The van der Waals surface area contributed by atoms with E-state index in [1.165, 1.54) is 0 Å². The summed E-state index contributed by atoms with van der Waals surface area (Å²) >= 11 is 5.10. The first-order valence-electron chi connectivity index (χ1n) is 1.52. The maximum Gasteiger partial charge on any atom is 0.218 e. The molecule has 1 aromatic heterocycles. The molecule has 0 bridgehead atoms. The minimum Gasteiger partial charge on any atom is -0.209 e. The van der Waals surface area contributed by atoms with Gasteiger partial charge in [-0.3, -0.25) is 0 Å². The smallest absolute Gasteiger partial charge is 0.209 e. The fraction of sp³-hybridized carbons (Fsp3) is 0. The van der Waals surface area contributed by atoms with Gasteiger partial charge in [0.15, 0.2) is 0 Å². The summed E-state index contributed by atoms with van der Waals surface area (Å²) in [5.74, 6) is 0. The van der Waals surface area contributed by atoms with Crippen molar-refractivity contribution in [2.24, 2.45) is 0 Å². The number of halogens is 2. The van der Waals surface area contributed by atoms with Gasteiger partial charge in [-0.15, -0.1) is 5.10 Å². The van der Waals surface area contributed by atoms with E-state index >= 15 is 0 Å². The van der Waals surface area contributed by atoms with E-state index in [0.717, 1.165) is 0 Å². The Morgan fingerprint density at radius 1 is 1.86 bits per heavy atom. The summed E-state index contributed by atoms with van der Waals surface area (Å²) in [5.41, 5.74) is 0. The molecule has 0 saturated heterocycles. The first-order chi connectivity index (χ1) is 3.29. The molecule has 0 unspecified atom stereocenters. The molecule has 3 nitrogen and oxygen atoms in total. The van der Waals surface area contributed by atoms with Crippen molar-refractivity contribution >= 4 is 38.8 Å². The van der Waals surface area contributed by atoms with Gasteiger partial charge in [0, 0.05) is 0 Å². The SMILES string of the molecule is Brc1ncn(I)n1. The molecule has 38 valence electrons. The van der Waals surface area contributed by atoms with Gasteiger partial charge in [0.1, 0.15) is 6.33 Å². The third-order valence-corrected chi connectivity index (χ3v) is 1.27. The van der Waals surface area contributed by atoms with E-state index in [1.54, 1.807) is 9.22 Å². The van der Waals surface area contributed by atoms with Crippen molar-refractivity contribution in [1.29, 1.82) is 0 Å². The Morgan fingerprint density at radius 3 is 2.71 bits per heavy atom. The van der Waals surface area contributed by atoms with Crippen molar-refractivity contribution in [3.63, 3.8) is 0 Å². The molecule has 0 radical (unpaired) electrons. The summed E-state index contributed by atoms with van der Waals surface area (Å²) in [7, 11) is 0. The number of aromatic nitrogens is 3. The lowest BCUT2D eigenvalue weighted by Gasteiger charge is -1.72. The minimum atomic E-state index is 0.627. The molecule has 0 aliphatic heterocycles. The summed E-state index contributed by atoms with van der Waals surface area (Å²) < 4.78 is 2.23. The average molecular weight is 274 g/mol. The Balaban J connectivity index is 3.04. The lowest BCUT2D eigenvalue weighted by atomic mass is 11.3. The van der Waals surface area contributed by atoms with E-state index < -0.39 is 0 Å². The Hall–Kier alpha value is 0.350. The molecule has 5 heteroatoms. The highest BCUT2D eigenvalue weighted by Crippen LogP contribution is 1.99. The first-order valence-corrected chi connectivity index (χ1v) is 3.28. The second-order valence-electron chi connectivity index (χ2n) is 0.902. The molecule has 0 N–H and O–H groups in total. The van der Waals surface area contributed by atoms with Crippen molar-refractivity contribution in [1.82, 2.24) is 13.0 Å². The van der Waals surface area contributed by atoms with Gasteiger partial charge in [-0.05, 0) is 15.9 Å². The van der Waals surface area contributed by atoms with Crippen LogP contribution in [-0.4, -0.2) is 13.0 Å². The molecule has 1 aromatic rings. The van der Waals surface area contributed by atoms with Crippen LogP contribution in [0.1, 0.15) is 0 Å². The average Bonchev–Trinajstić information content (AvgIpc) is 1.87. The number of rotatable bonds is 0. The fourth-order valence-electron chi connectivity index (χ4n) is 0.226. The maximum absolute atomic E-state index is 3.82. The number of nitrogens with zero attached hydrogens (tertiary/aromatic N) is 3. The molecule has 0 aliphatic carbocycles. The van der Waals surface area contributed by atoms with E-state index in [4.69, 9.17) is 0 Å². The molecule has 0 atom stereocenters. The summed E-state index contributed by atoms with van der Waals surface area (Å²) in [4.78, 5) is 3.78. The van der Waals surface area contributed by atoms with Crippen LogP contribution in [0.25, 0.3) is 0 Å². The van der Waals surface area contributed by atoms with E-state index in [0.29, 0.717) is 4.73 Å². The summed E-state index contributed by atoms with van der Waals surface area (Å²) in [6.07, 6.45) is 1.62. The van der Waals surface area contributed by atoms with Crippen LogP contribution in [0.3, 0.4) is 0 Å². The van der Waals surface area contributed by atoms with Crippen LogP contribution in [0.15, 0.2) is 11.1 Å². The molecule has 0 saturated carbocycles. The van der Waals surface area contributed by atoms with E-state index in [9.17, 15) is 0 Å². The number of hydrogen-bond donors (Lipinski definition) is 0. The lowest BCUT2D eigenvalue weighted by molar-refractivity contribution is 1.04. The highest BCUT2D eigenvalue weighted by Gasteiger charge is 1.87. The highest BCUT2D eigenvalue weighted by atomic mass is 127. The Kier molecular flexibility index (Phi) is 1.63. The Labute approximate surface area is 62.7 Å². The summed E-state index contributed by atoms with van der Waals surface area (Å²) in [6, 6.07) is 0. The zero-order chi connectivity index (χ0) is 5.28. The molecule has 0 fully saturated rings. The quantitative estimate of drug-likeness (QED) is 0.666. The van der Waals surface area contributed by atoms with Crippen molar-refractivity contribution in [2.45, 2.75) is 0 Å². The van der Waals surface area contributed by atoms with Crippen LogP contribution in [0.4, 0.5) is 0 Å². The molecular formula is C2HBrIN3. The summed E-state index contributed by atoms with van der Waals surface area (Å²) in [5, 5.41) is 3.82. The van der Waals surface area contributed by atoms with Gasteiger partial charge in [-0.2, -0.15) is 2.90 Å². The molecule has 0 aliphatic rings. The van der Waals surface area contributed by atoms with Crippen molar-refractivity contribution in [2.75, 3.05) is 0 Å². The predicted octanol–water partition coefficient (Wildman–Crippen LogP) is 1.24. The third-order valence-electron chi connectivity index (χ3n) is 0.438. The van der Waals surface area contributed by atoms with Gasteiger partial charge in [0.05, 0.1) is 22.9 Å². The zero-order valence-electron chi connectivity index (χ0n) is 3.17. The van der Waals surface area contributed by atoms with Crippen LogP contribution in [0.5, 0.6) is 0 Å². The molecule has 0 aromatic carbocycles. The topological polar surface area (TPSA) is 30.7 Å². The molecule has 1 rings (SSSR count). The van der Waals surface area contributed by atoms with Gasteiger partial charge in [0.25, 0.3) is 0 Å². The number of hydrogen-bond acceptors (Lipinski definition) is 2. The van der Waals surface area contributed by atoms with Gasteiger partial charge in [-0.1, -0.05) is 0 Å². The van der Waals surface area contributed by atoms with E-state index in [-0.39, 0.29) is 0 Å². The second kappa shape index (κ2) is 2.08. The monoisotopic (exact) mass is 273 g/mol. The third kappa shape index (κ3) is 1.37. The largest absolute Gasteiger partial charge is 0.218 e. The minimum absolute atomic E-state index is 0.627. The van der Waals surface area contributed by atoms with Gasteiger partial charge in [0.2, 0.25) is 4.73 Å². The zero-order valence-corrected chi connectivity index (χ0v) is 6.92. The van der Waals surface area contributed by atoms with E-state index in [1.807, 2.05) is 22.9 Å². The Morgan fingerprint density at radius 2 is 2.57 bits per heavy atom. The van der Waals surface area contributed by atoms with Gasteiger partial charge < -0.3 is 0 Å².